The van der Waals surface area contributed by atoms with Gasteiger partial charge in [0.15, 0.2) is 0 Å². The lowest BCUT2D eigenvalue weighted by Gasteiger charge is -2.18. The fraction of sp³-hybridized carbons (Fsp3) is 1.00. The third kappa shape index (κ3) is 23.4. The molecule has 0 rings (SSSR count). The molecule has 0 aromatic carbocycles. The van der Waals surface area contributed by atoms with Crippen LogP contribution in [0, 0.1) is 0 Å². The van der Waals surface area contributed by atoms with Gasteiger partial charge in [-0.15, -0.1) is 0 Å². The first-order valence-electron chi connectivity index (χ1n) is 13.2. The monoisotopic (exact) mass is 480 g/mol. The van der Waals surface area contributed by atoms with E-state index in [9.17, 15) is 14.4 Å². The Labute approximate surface area is 198 Å². The summed E-state index contributed by atoms with van der Waals surface area (Å²) < 4.78 is 17.4. The molecule has 0 aromatic rings. The topological polar surface area (TPSA) is 66.8 Å². The van der Waals surface area contributed by atoms with E-state index in [0.29, 0.717) is 12.4 Å². The number of thioether (sulfide) groups is 1. The van der Waals surface area contributed by atoms with E-state index in [2.05, 4.69) is 13.8 Å². The molecule has 0 aliphatic carbocycles. The highest BCUT2D eigenvalue weighted by atomic mass is 32.2. The molecule has 6 heteroatoms. The van der Waals surface area contributed by atoms with Crippen molar-refractivity contribution in [3.05, 3.63) is 0 Å². The van der Waals surface area contributed by atoms with Gasteiger partial charge in [0.2, 0.25) is 0 Å². The summed E-state index contributed by atoms with van der Waals surface area (Å²) in [5, 5.41) is 0. The summed E-state index contributed by atoms with van der Waals surface area (Å²) in [5.41, 5.74) is -0.658. The second-order valence-corrected chi connectivity index (χ2v) is 12.1. The summed E-state index contributed by atoms with van der Waals surface area (Å²) in [7, 11) is -4.08. The maximum absolute atomic E-state index is 11.8. The van der Waals surface area contributed by atoms with Gasteiger partial charge in [0, 0.05) is 12.4 Å². The van der Waals surface area contributed by atoms with E-state index in [1.807, 2.05) is 0 Å². The molecule has 0 aromatic heterocycles. The van der Waals surface area contributed by atoms with Gasteiger partial charge < -0.3 is 14.5 Å². The fourth-order valence-corrected chi connectivity index (χ4v) is 6.05. The number of hydrogen-bond donors (Lipinski definition) is 2. The Kier molecular flexibility index (Phi) is 24.0. The van der Waals surface area contributed by atoms with Gasteiger partial charge in [-0.3, -0.25) is 4.57 Å². The molecule has 0 aliphatic rings. The van der Waals surface area contributed by atoms with Crippen LogP contribution in [-0.2, 0) is 9.30 Å². The number of unbranched alkanes of at least 4 members (excludes halogenated alkanes) is 16. The average Bonchev–Trinajstić information content (AvgIpc) is 2.73. The van der Waals surface area contributed by atoms with E-state index in [-0.39, 0.29) is 6.61 Å². The quantitative estimate of drug-likeness (QED) is 0.101. The van der Waals surface area contributed by atoms with Gasteiger partial charge >= 0.3 is 7.60 Å². The zero-order valence-electron chi connectivity index (χ0n) is 20.7. The maximum Gasteiger partial charge on any atom is 0.331 e. The van der Waals surface area contributed by atoms with Crippen LogP contribution >= 0.6 is 19.4 Å². The molecule has 0 fully saturated rings. The molecule has 0 saturated heterocycles. The van der Waals surface area contributed by atoms with Gasteiger partial charge in [0.25, 0.3) is 0 Å². The summed E-state index contributed by atoms with van der Waals surface area (Å²) in [6.45, 7) is 5.30. The first-order chi connectivity index (χ1) is 15.0. The van der Waals surface area contributed by atoms with E-state index >= 15 is 0 Å². The van der Waals surface area contributed by atoms with Crippen LogP contribution in [0.5, 0.6) is 0 Å². The normalized spacial score (nSPS) is 13.0. The van der Waals surface area contributed by atoms with Crippen molar-refractivity contribution >= 4 is 19.4 Å². The van der Waals surface area contributed by atoms with Crippen molar-refractivity contribution in [2.45, 2.75) is 135 Å². The summed E-state index contributed by atoms with van der Waals surface area (Å²) >= 11 is 1.67. The van der Waals surface area contributed by atoms with E-state index in [1.54, 1.807) is 11.8 Å². The Morgan fingerprint density at radius 1 is 0.677 bits per heavy atom. The lowest BCUT2D eigenvalue weighted by Crippen LogP contribution is -2.20. The standard InChI is InChI=1S/C25H53O4PS/c1-3-5-7-9-11-13-14-16-18-20-22-31-24-25(30(26,27)28)23-29-21-19-17-15-12-10-8-6-4-2/h25H,3-24H2,1-2H3,(H2,26,27,28). The molecular formula is C25H53O4PS. The highest BCUT2D eigenvalue weighted by molar-refractivity contribution is 7.99. The molecule has 4 nitrogen and oxygen atoms in total. The van der Waals surface area contributed by atoms with E-state index in [0.717, 1.165) is 25.0 Å². The molecule has 2 N–H and O–H groups in total. The van der Waals surface area contributed by atoms with Crippen LogP contribution in [0.3, 0.4) is 0 Å². The SMILES string of the molecule is CCCCCCCCCCCCSCC(COCCCCCCCCCC)P(=O)(O)O. The Bertz CT molecular complexity index is 403. The van der Waals surface area contributed by atoms with Crippen LogP contribution < -0.4 is 0 Å². The van der Waals surface area contributed by atoms with Gasteiger partial charge in [-0.1, -0.05) is 117 Å². The predicted molar refractivity (Wildman–Crippen MR) is 138 cm³/mol. The Morgan fingerprint density at radius 2 is 1.10 bits per heavy atom. The van der Waals surface area contributed by atoms with Gasteiger partial charge in [0.05, 0.1) is 12.3 Å². The molecule has 1 atom stereocenters. The van der Waals surface area contributed by atoms with Crippen molar-refractivity contribution in [2.24, 2.45) is 0 Å². The first kappa shape index (κ1) is 31.5. The predicted octanol–water partition coefficient (Wildman–Crippen LogP) is 8.34. The second-order valence-electron chi connectivity index (χ2n) is 9.05. The molecule has 0 spiro atoms. The van der Waals surface area contributed by atoms with Crippen LogP contribution in [0.2, 0.25) is 0 Å². The minimum absolute atomic E-state index is 0.186. The van der Waals surface area contributed by atoms with E-state index < -0.39 is 13.3 Å². The van der Waals surface area contributed by atoms with Crippen LogP contribution in [-0.4, -0.2) is 40.2 Å². The molecule has 0 radical (unpaired) electrons. The molecule has 0 aliphatic heterocycles. The third-order valence-corrected chi connectivity index (χ3v) is 8.63. The molecule has 0 amide bonds. The minimum atomic E-state index is -4.08. The molecule has 188 valence electrons. The smallest absolute Gasteiger partial charge is 0.331 e. The Hall–Kier alpha value is 0.460. The lowest BCUT2D eigenvalue weighted by molar-refractivity contribution is 0.127. The average molecular weight is 481 g/mol. The zero-order chi connectivity index (χ0) is 23.0. The van der Waals surface area contributed by atoms with Crippen LogP contribution in [0.15, 0.2) is 0 Å². The molecular weight excluding hydrogens is 427 g/mol. The maximum atomic E-state index is 11.8. The fourth-order valence-electron chi connectivity index (χ4n) is 3.71. The lowest BCUT2D eigenvalue weighted by atomic mass is 10.1. The molecule has 0 heterocycles. The highest BCUT2D eigenvalue weighted by Crippen LogP contribution is 2.42. The molecule has 1 unspecified atom stereocenters. The van der Waals surface area contributed by atoms with Crippen molar-refractivity contribution < 1.29 is 19.1 Å². The molecule has 0 bridgehead atoms. The third-order valence-electron chi connectivity index (χ3n) is 5.88. The Morgan fingerprint density at radius 3 is 1.55 bits per heavy atom. The first-order valence-corrected chi connectivity index (χ1v) is 16.1. The van der Waals surface area contributed by atoms with Gasteiger partial charge in [-0.2, -0.15) is 11.8 Å². The minimum Gasteiger partial charge on any atom is -0.380 e. The van der Waals surface area contributed by atoms with E-state index in [1.165, 1.54) is 96.3 Å². The van der Waals surface area contributed by atoms with E-state index in [4.69, 9.17) is 4.74 Å². The molecule has 0 saturated carbocycles. The van der Waals surface area contributed by atoms with Gasteiger partial charge in [0.1, 0.15) is 0 Å². The van der Waals surface area contributed by atoms with Crippen molar-refractivity contribution in [2.75, 3.05) is 24.7 Å². The number of hydrogen-bond acceptors (Lipinski definition) is 3. The highest BCUT2D eigenvalue weighted by Gasteiger charge is 2.28. The summed E-state index contributed by atoms with van der Waals surface area (Å²) in [6.07, 6.45) is 23.1. The summed E-state index contributed by atoms with van der Waals surface area (Å²) in [4.78, 5) is 19.2. The molecule has 31 heavy (non-hydrogen) atoms. The van der Waals surface area contributed by atoms with Crippen molar-refractivity contribution in [1.82, 2.24) is 0 Å². The van der Waals surface area contributed by atoms with Crippen LogP contribution in [0.25, 0.3) is 0 Å². The van der Waals surface area contributed by atoms with Crippen molar-refractivity contribution in [3.8, 4) is 0 Å². The number of ether oxygens (including phenoxy) is 1. The van der Waals surface area contributed by atoms with Crippen molar-refractivity contribution in [3.63, 3.8) is 0 Å². The second kappa shape index (κ2) is 23.6. The van der Waals surface area contributed by atoms with Crippen molar-refractivity contribution in [1.29, 1.82) is 0 Å². The van der Waals surface area contributed by atoms with Crippen LogP contribution in [0.1, 0.15) is 129 Å². The zero-order valence-corrected chi connectivity index (χ0v) is 22.4. The largest absolute Gasteiger partial charge is 0.380 e. The van der Waals surface area contributed by atoms with Crippen LogP contribution in [0.4, 0.5) is 0 Å². The Balaban J connectivity index is 3.59. The summed E-state index contributed by atoms with van der Waals surface area (Å²) in [5.74, 6) is 1.49. The van der Waals surface area contributed by atoms with Gasteiger partial charge in [-0.05, 0) is 18.6 Å². The van der Waals surface area contributed by atoms with Gasteiger partial charge in [-0.25, -0.2) is 0 Å². The summed E-state index contributed by atoms with van der Waals surface area (Å²) in [6, 6.07) is 0. The number of rotatable bonds is 25.